The molecule has 1 aliphatic rings. The van der Waals surface area contributed by atoms with E-state index in [2.05, 4.69) is 0 Å². The van der Waals surface area contributed by atoms with Crippen molar-refractivity contribution >= 4 is 11.5 Å². The largest absolute Gasteiger partial charge is 0.328 e. The van der Waals surface area contributed by atoms with Crippen LogP contribution in [0, 0.1) is 17.0 Å². The number of nitrogens with one attached hydrogen (secondary N) is 1. The third-order valence-electron chi connectivity index (χ3n) is 2.57. The molecule has 0 saturated carbocycles. The van der Waals surface area contributed by atoms with Gasteiger partial charge in [0.1, 0.15) is 17.5 Å². The summed E-state index contributed by atoms with van der Waals surface area (Å²) in [6.07, 6.45) is 2.58. The van der Waals surface area contributed by atoms with Crippen molar-refractivity contribution in [1.82, 2.24) is 0 Å². The molecule has 1 aromatic carbocycles. The monoisotopic (exact) mass is 210 g/mol. The van der Waals surface area contributed by atoms with E-state index < -0.39 is 11.6 Å². The number of hydrogen-bond donors (Lipinski definition) is 1. The molecule has 1 aromatic rings. The Morgan fingerprint density at radius 2 is 2.00 bits per heavy atom. The molecule has 0 aromatic heterocycles. The van der Waals surface area contributed by atoms with Crippen LogP contribution < -0.4 is 4.90 Å². The lowest BCUT2D eigenvalue weighted by atomic mass is 10.1. The van der Waals surface area contributed by atoms with Gasteiger partial charge in [-0.3, -0.25) is 5.41 Å². The van der Waals surface area contributed by atoms with E-state index in [1.807, 2.05) is 0 Å². The Morgan fingerprint density at radius 3 is 2.67 bits per heavy atom. The fourth-order valence-corrected chi connectivity index (χ4v) is 1.80. The molecule has 0 amide bonds. The predicted octanol–water partition coefficient (Wildman–Crippen LogP) is 2.93. The second kappa shape index (κ2) is 3.96. The van der Waals surface area contributed by atoms with Crippen molar-refractivity contribution in [2.75, 3.05) is 11.4 Å². The van der Waals surface area contributed by atoms with Crippen molar-refractivity contribution in [3.05, 3.63) is 29.8 Å². The summed E-state index contributed by atoms with van der Waals surface area (Å²) in [5, 5.41) is 7.70. The van der Waals surface area contributed by atoms with Gasteiger partial charge in [-0.05, 0) is 25.0 Å². The summed E-state index contributed by atoms with van der Waals surface area (Å²) in [6, 6.07) is 3.47. The van der Waals surface area contributed by atoms with Crippen molar-refractivity contribution < 1.29 is 8.78 Å². The number of nitrogens with zero attached hydrogens (tertiary/aromatic N) is 1. The first-order chi connectivity index (χ1) is 7.18. The maximum Gasteiger partial charge on any atom is 0.149 e. The fraction of sp³-hybridized carbons (Fsp3) is 0.364. The van der Waals surface area contributed by atoms with Crippen LogP contribution in [0.3, 0.4) is 0 Å². The number of amidine groups is 1. The second-order valence-electron chi connectivity index (χ2n) is 3.65. The first kappa shape index (κ1) is 10.1. The van der Waals surface area contributed by atoms with Gasteiger partial charge < -0.3 is 4.90 Å². The predicted molar refractivity (Wildman–Crippen MR) is 55.3 cm³/mol. The summed E-state index contributed by atoms with van der Waals surface area (Å²) < 4.78 is 26.1. The lowest BCUT2D eigenvalue weighted by molar-refractivity contribution is 0.579. The highest BCUT2D eigenvalue weighted by Crippen LogP contribution is 2.24. The molecule has 0 spiro atoms. The van der Waals surface area contributed by atoms with Gasteiger partial charge in [-0.25, -0.2) is 8.78 Å². The Kier molecular flexibility index (Phi) is 2.66. The highest BCUT2D eigenvalue weighted by molar-refractivity contribution is 5.96. The van der Waals surface area contributed by atoms with Gasteiger partial charge in [0, 0.05) is 19.0 Å². The highest BCUT2D eigenvalue weighted by atomic mass is 19.1. The van der Waals surface area contributed by atoms with Gasteiger partial charge in [0.15, 0.2) is 0 Å². The van der Waals surface area contributed by atoms with Gasteiger partial charge in [0.25, 0.3) is 0 Å². The first-order valence-corrected chi connectivity index (χ1v) is 4.98. The van der Waals surface area contributed by atoms with Crippen molar-refractivity contribution in [3.63, 3.8) is 0 Å². The summed E-state index contributed by atoms with van der Waals surface area (Å²) in [7, 11) is 0. The Hall–Kier alpha value is -1.45. The van der Waals surface area contributed by atoms with E-state index in [4.69, 9.17) is 5.41 Å². The van der Waals surface area contributed by atoms with Gasteiger partial charge >= 0.3 is 0 Å². The number of piperidine rings is 1. The molecule has 2 rings (SSSR count). The molecule has 1 fully saturated rings. The Morgan fingerprint density at radius 1 is 1.20 bits per heavy atom. The lowest BCUT2D eigenvalue weighted by Gasteiger charge is -2.29. The fourth-order valence-electron chi connectivity index (χ4n) is 1.80. The Balaban J connectivity index is 2.31. The number of halogens is 2. The molecule has 1 heterocycles. The normalized spacial score (nSPS) is 16.9. The third kappa shape index (κ3) is 1.98. The minimum Gasteiger partial charge on any atom is -0.328 e. The van der Waals surface area contributed by atoms with E-state index in [9.17, 15) is 8.78 Å². The zero-order valence-corrected chi connectivity index (χ0v) is 8.26. The van der Waals surface area contributed by atoms with Crippen LogP contribution in [0.5, 0.6) is 0 Å². The van der Waals surface area contributed by atoms with Crippen molar-refractivity contribution in [2.24, 2.45) is 0 Å². The number of rotatable bonds is 1. The Labute approximate surface area is 87.0 Å². The molecule has 4 heteroatoms. The zero-order valence-electron chi connectivity index (χ0n) is 8.26. The molecule has 0 radical (unpaired) electrons. The van der Waals surface area contributed by atoms with Crippen molar-refractivity contribution in [2.45, 2.75) is 19.3 Å². The maximum atomic E-state index is 13.4. The van der Waals surface area contributed by atoms with Gasteiger partial charge in [-0.15, -0.1) is 0 Å². The van der Waals surface area contributed by atoms with Gasteiger partial charge in [0.2, 0.25) is 0 Å². The van der Waals surface area contributed by atoms with Gasteiger partial charge in [-0.2, -0.15) is 0 Å². The quantitative estimate of drug-likeness (QED) is 0.758. The molecular formula is C11H12F2N2. The van der Waals surface area contributed by atoms with Crippen LogP contribution in [0.4, 0.5) is 14.5 Å². The topological polar surface area (TPSA) is 27.1 Å². The highest BCUT2D eigenvalue weighted by Gasteiger charge is 2.19. The molecular weight excluding hydrogens is 198 g/mol. The smallest absolute Gasteiger partial charge is 0.149 e. The number of benzene rings is 1. The van der Waals surface area contributed by atoms with E-state index in [0.29, 0.717) is 24.5 Å². The van der Waals surface area contributed by atoms with Crippen LogP contribution in [0.25, 0.3) is 0 Å². The summed E-state index contributed by atoms with van der Waals surface area (Å²) in [5.74, 6) is -0.770. The average molecular weight is 210 g/mol. The SMILES string of the molecule is N=C1CCCCN1c1ccc(F)cc1F. The van der Waals surface area contributed by atoms with Crippen LogP contribution >= 0.6 is 0 Å². The van der Waals surface area contributed by atoms with Crippen LogP contribution in [0.1, 0.15) is 19.3 Å². The minimum absolute atomic E-state index is 0.307. The van der Waals surface area contributed by atoms with E-state index in [0.717, 1.165) is 18.9 Å². The molecule has 0 atom stereocenters. The van der Waals surface area contributed by atoms with E-state index >= 15 is 0 Å². The molecule has 1 N–H and O–H groups in total. The van der Waals surface area contributed by atoms with Gasteiger partial charge in [-0.1, -0.05) is 0 Å². The Bertz CT molecular complexity index is 390. The lowest BCUT2D eigenvalue weighted by Crippen LogP contribution is -2.35. The third-order valence-corrected chi connectivity index (χ3v) is 2.57. The second-order valence-corrected chi connectivity index (χ2v) is 3.65. The van der Waals surface area contributed by atoms with E-state index in [1.54, 1.807) is 4.90 Å². The zero-order chi connectivity index (χ0) is 10.8. The van der Waals surface area contributed by atoms with Crippen molar-refractivity contribution in [1.29, 1.82) is 5.41 Å². The molecule has 1 aliphatic heterocycles. The first-order valence-electron chi connectivity index (χ1n) is 4.98. The van der Waals surface area contributed by atoms with Crippen LogP contribution in [-0.2, 0) is 0 Å². The minimum atomic E-state index is -0.596. The summed E-state index contributed by atoms with van der Waals surface area (Å²) in [6.45, 7) is 0.640. The summed E-state index contributed by atoms with van der Waals surface area (Å²) >= 11 is 0. The molecule has 15 heavy (non-hydrogen) atoms. The average Bonchev–Trinajstić information content (AvgIpc) is 2.20. The van der Waals surface area contributed by atoms with E-state index in [1.165, 1.54) is 12.1 Å². The summed E-state index contributed by atoms with van der Waals surface area (Å²) in [4.78, 5) is 1.61. The number of hydrogen-bond acceptors (Lipinski definition) is 1. The molecule has 80 valence electrons. The van der Waals surface area contributed by atoms with Gasteiger partial charge in [0.05, 0.1) is 5.69 Å². The molecule has 0 aliphatic carbocycles. The maximum absolute atomic E-state index is 13.4. The molecule has 0 bridgehead atoms. The summed E-state index contributed by atoms with van der Waals surface area (Å²) in [5.41, 5.74) is 0.307. The van der Waals surface area contributed by atoms with Crippen LogP contribution in [0.15, 0.2) is 18.2 Å². The van der Waals surface area contributed by atoms with E-state index in [-0.39, 0.29) is 0 Å². The van der Waals surface area contributed by atoms with Crippen LogP contribution in [-0.4, -0.2) is 12.4 Å². The molecule has 2 nitrogen and oxygen atoms in total. The standard InChI is InChI=1S/C11H12F2N2/c12-8-4-5-10(9(13)7-8)15-6-2-1-3-11(15)14/h4-5,7,14H,1-3,6H2. The van der Waals surface area contributed by atoms with Crippen molar-refractivity contribution in [3.8, 4) is 0 Å². The van der Waals surface area contributed by atoms with Crippen LogP contribution in [0.2, 0.25) is 0 Å². The number of anilines is 1. The molecule has 0 unspecified atom stereocenters. The molecule has 1 saturated heterocycles.